The van der Waals surface area contributed by atoms with Gasteiger partial charge in [0.15, 0.2) is 17.4 Å². The molecule has 0 spiro atoms. The minimum absolute atomic E-state index is 0.182. The first-order chi connectivity index (χ1) is 12.8. The van der Waals surface area contributed by atoms with Crippen molar-refractivity contribution in [3.8, 4) is 5.75 Å². The first kappa shape index (κ1) is 18.8. The van der Waals surface area contributed by atoms with Crippen molar-refractivity contribution in [2.24, 2.45) is 0 Å². The summed E-state index contributed by atoms with van der Waals surface area (Å²) in [4.78, 5) is 24.9. The molecule has 1 unspecified atom stereocenters. The van der Waals surface area contributed by atoms with Crippen LogP contribution in [0.2, 0.25) is 0 Å². The molecule has 0 aliphatic carbocycles. The van der Waals surface area contributed by atoms with Gasteiger partial charge in [-0.2, -0.15) is 4.39 Å². The second-order valence-corrected chi connectivity index (χ2v) is 6.25. The largest absolute Gasteiger partial charge is 0.503 e. The molecule has 2 heterocycles. The first-order valence-electron chi connectivity index (χ1n) is 8.30. The average Bonchev–Trinajstić information content (AvgIpc) is 3.29. The lowest BCUT2D eigenvalue weighted by atomic mass is 10.1. The van der Waals surface area contributed by atoms with Crippen molar-refractivity contribution >= 4 is 11.8 Å². The third kappa shape index (κ3) is 3.62. The fourth-order valence-electron chi connectivity index (χ4n) is 3.09. The molecule has 1 aliphatic heterocycles. The van der Waals surface area contributed by atoms with Gasteiger partial charge in [0.05, 0.1) is 18.2 Å². The summed E-state index contributed by atoms with van der Waals surface area (Å²) >= 11 is 0. The Labute approximate surface area is 152 Å². The minimum atomic E-state index is -1.74. The van der Waals surface area contributed by atoms with Gasteiger partial charge in [-0.05, 0) is 31.0 Å². The number of furan rings is 1. The summed E-state index contributed by atoms with van der Waals surface area (Å²) in [6, 6.07) is 3.22. The quantitative estimate of drug-likeness (QED) is 0.797. The van der Waals surface area contributed by atoms with Crippen LogP contribution in [0.5, 0.6) is 5.75 Å². The van der Waals surface area contributed by atoms with Crippen LogP contribution in [0.3, 0.4) is 0 Å². The van der Waals surface area contributed by atoms with E-state index >= 15 is 0 Å². The standard InChI is InChI=1S/C18H17F3N2O4/c1-9(24)22-8-10-4-5-14(27-10)13-3-2-6-23(13)18(26)11-7-12(19)16(21)17(25)15(11)20/h4-5,7,13,25H,2-3,6,8H2,1H3,(H,22,24). The molecule has 1 atom stereocenters. The number of carbonyl (C=O) groups is 2. The highest BCUT2D eigenvalue weighted by Crippen LogP contribution is 2.35. The van der Waals surface area contributed by atoms with Crippen LogP contribution in [0, 0.1) is 17.5 Å². The van der Waals surface area contributed by atoms with Crippen LogP contribution < -0.4 is 5.32 Å². The van der Waals surface area contributed by atoms with E-state index in [1.807, 2.05) is 0 Å². The van der Waals surface area contributed by atoms with Gasteiger partial charge in [-0.25, -0.2) is 8.78 Å². The van der Waals surface area contributed by atoms with Crippen molar-refractivity contribution in [3.63, 3.8) is 0 Å². The van der Waals surface area contributed by atoms with Gasteiger partial charge in [-0.1, -0.05) is 0 Å². The van der Waals surface area contributed by atoms with E-state index in [2.05, 4.69) is 5.32 Å². The molecule has 0 bridgehead atoms. The Kier molecular flexibility index (Phi) is 5.11. The SMILES string of the molecule is CC(=O)NCc1ccc(C2CCCN2C(=O)c2cc(F)c(F)c(O)c2F)o1. The predicted octanol–water partition coefficient (Wildman–Crippen LogP) is 3.02. The van der Waals surface area contributed by atoms with Crippen LogP contribution in [-0.2, 0) is 11.3 Å². The van der Waals surface area contributed by atoms with Gasteiger partial charge in [0.1, 0.15) is 11.5 Å². The lowest BCUT2D eigenvalue weighted by Gasteiger charge is -2.23. The smallest absolute Gasteiger partial charge is 0.257 e. The number of amides is 2. The number of likely N-dealkylation sites (tertiary alicyclic amines) is 1. The summed E-state index contributed by atoms with van der Waals surface area (Å²) in [7, 11) is 0. The van der Waals surface area contributed by atoms with Crippen LogP contribution in [0.1, 0.15) is 47.7 Å². The van der Waals surface area contributed by atoms with Gasteiger partial charge in [-0.3, -0.25) is 9.59 Å². The van der Waals surface area contributed by atoms with Crippen molar-refractivity contribution in [1.82, 2.24) is 10.2 Å². The van der Waals surface area contributed by atoms with E-state index < -0.39 is 40.7 Å². The molecule has 0 saturated carbocycles. The van der Waals surface area contributed by atoms with Gasteiger partial charge < -0.3 is 19.7 Å². The first-order valence-corrected chi connectivity index (χ1v) is 8.30. The summed E-state index contributed by atoms with van der Waals surface area (Å²) < 4.78 is 46.5. The number of phenols is 1. The number of rotatable bonds is 4. The van der Waals surface area contributed by atoms with Crippen molar-refractivity contribution in [1.29, 1.82) is 0 Å². The van der Waals surface area contributed by atoms with Gasteiger partial charge in [0, 0.05) is 13.5 Å². The molecule has 1 aromatic heterocycles. The van der Waals surface area contributed by atoms with E-state index in [1.165, 1.54) is 11.8 Å². The van der Waals surface area contributed by atoms with Crippen LogP contribution in [0.4, 0.5) is 13.2 Å². The maximum Gasteiger partial charge on any atom is 0.257 e. The molecular formula is C18H17F3N2O4. The summed E-state index contributed by atoms with van der Waals surface area (Å²) in [6.07, 6.45) is 1.14. The molecule has 1 fully saturated rings. The van der Waals surface area contributed by atoms with Crippen LogP contribution >= 0.6 is 0 Å². The fraction of sp³-hybridized carbons (Fsp3) is 0.333. The topological polar surface area (TPSA) is 82.8 Å². The number of benzene rings is 1. The Morgan fingerprint density at radius 1 is 1.30 bits per heavy atom. The number of phenolic OH excluding ortho intramolecular Hbond substituents is 1. The third-order valence-electron chi connectivity index (χ3n) is 4.40. The lowest BCUT2D eigenvalue weighted by molar-refractivity contribution is -0.119. The third-order valence-corrected chi connectivity index (χ3v) is 4.40. The molecular weight excluding hydrogens is 365 g/mol. The minimum Gasteiger partial charge on any atom is -0.503 e. The molecule has 6 nitrogen and oxygen atoms in total. The molecule has 1 aliphatic rings. The van der Waals surface area contributed by atoms with E-state index in [-0.39, 0.29) is 19.0 Å². The Balaban J connectivity index is 1.85. The van der Waals surface area contributed by atoms with E-state index in [1.54, 1.807) is 12.1 Å². The van der Waals surface area contributed by atoms with Crippen molar-refractivity contribution < 1.29 is 32.3 Å². The number of halogens is 3. The highest BCUT2D eigenvalue weighted by Gasteiger charge is 2.35. The molecule has 27 heavy (non-hydrogen) atoms. The normalized spacial score (nSPS) is 16.6. The zero-order chi connectivity index (χ0) is 19.7. The van der Waals surface area contributed by atoms with Gasteiger partial charge in [-0.15, -0.1) is 0 Å². The summed E-state index contributed by atoms with van der Waals surface area (Å²) in [5.41, 5.74) is -0.747. The second-order valence-electron chi connectivity index (χ2n) is 6.25. The van der Waals surface area contributed by atoms with Crippen LogP contribution in [0.15, 0.2) is 22.6 Å². The van der Waals surface area contributed by atoms with E-state index in [9.17, 15) is 27.9 Å². The van der Waals surface area contributed by atoms with E-state index in [4.69, 9.17) is 4.42 Å². The number of hydrogen-bond donors (Lipinski definition) is 2. The number of nitrogens with one attached hydrogen (secondary N) is 1. The molecule has 144 valence electrons. The number of carbonyl (C=O) groups excluding carboxylic acids is 2. The summed E-state index contributed by atoms with van der Waals surface area (Å²) in [5, 5.41) is 11.9. The predicted molar refractivity (Wildman–Crippen MR) is 87.2 cm³/mol. The maximum atomic E-state index is 14.1. The Bertz CT molecular complexity index is 897. The van der Waals surface area contributed by atoms with Gasteiger partial charge in [0.25, 0.3) is 5.91 Å². The Hall–Kier alpha value is -2.97. The Morgan fingerprint density at radius 2 is 2.04 bits per heavy atom. The highest BCUT2D eigenvalue weighted by atomic mass is 19.2. The number of nitrogens with zero attached hydrogens (tertiary/aromatic N) is 1. The number of aromatic hydroxyl groups is 1. The van der Waals surface area contributed by atoms with Crippen molar-refractivity contribution in [2.45, 2.75) is 32.4 Å². The zero-order valence-corrected chi connectivity index (χ0v) is 14.4. The fourth-order valence-corrected chi connectivity index (χ4v) is 3.09. The average molecular weight is 382 g/mol. The monoisotopic (exact) mass is 382 g/mol. The molecule has 1 aromatic carbocycles. The highest BCUT2D eigenvalue weighted by molar-refractivity contribution is 5.95. The van der Waals surface area contributed by atoms with Crippen LogP contribution in [-0.4, -0.2) is 28.4 Å². The van der Waals surface area contributed by atoms with E-state index in [0.717, 1.165) is 0 Å². The van der Waals surface area contributed by atoms with Gasteiger partial charge in [0.2, 0.25) is 11.7 Å². The molecule has 1 saturated heterocycles. The maximum absolute atomic E-state index is 14.1. The summed E-state index contributed by atoms with van der Waals surface area (Å²) in [5.74, 6) is -6.45. The molecule has 3 rings (SSSR count). The van der Waals surface area contributed by atoms with Crippen LogP contribution in [0.25, 0.3) is 0 Å². The molecule has 2 N–H and O–H groups in total. The molecule has 0 radical (unpaired) electrons. The van der Waals surface area contributed by atoms with Gasteiger partial charge >= 0.3 is 0 Å². The Morgan fingerprint density at radius 3 is 2.74 bits per heavy atom. The lowest BCUT2D eigenvalue weighted by Crippen LogP contribution is -2.31. The molecule has 2 amide bonds. The number of hydrogen-bond acceptors (Lipinski definition) is 4. The summed E-state index contributed by atoms with van der Waals surface area (Å²) in [6.45, 7) is 1.82. The zero-order valence-electron chi connectivity index (χ0n) is 14.4. The second kappa shape index (κ2) is 7.34. The van der Waals surface area contributed by atoms with E-state index in [0.29, 0.717) is 30.4 Å². The van der Waals surface area contributed by atoms with Crippen molar-refractivity contribution in [2.75, 3.05) is 6.54 Å². The van der Waals surface area contributed by atoms with Crippen molar-refractivity contribution in [3.05, 3.63) is 52.7 Å². The molecule has 9 heteroatoms. The molecule has 2 aromatic rings.